The second-order valence-corrected chi connectivity index (χ2v) is 12.9. The number of carbonyl (C=O) groups is 2. The zero-order valence-corrected chi connectivity index (χ0v) is 24.9. The number of carbonyl (C=O) groups excluding carboxylic acids is 2. The molecular weight excluding hydrogens is 562 g/mol. The Labute approximate surface area is 254 Å². The number of hydrogen-bond donors (Lipinski definition) is 3. The van der Waals surface area contributed by atoms with Gasteiger partial charge in [-0.1, -0.05) is 35.9 Å². The van der Waals surface area contributed by atoms with Crippen molar-refractivity contribution in [2.75, 3.05) is 38.0 Å². The molecule has 1 heterocycles. The summed E-state index contributed by atoms with van der Waals surface area (Å²) in [5.74, 6) is -3.43. The van der Waals surface area contributed by atoms with Gasteiger partial charge in [-0.3, -0.25) is 14.5 Å². The van der Waals surface area contributed by atoms with Gasteiger partial charge < -0.3 is 20.6 Å². The Bertz CT molecular complexity index is 1370. The van der Waals surface area contributed by atoms with Gasteiger partial charge in [-0.2, -0.15) is 0 Å². The van der Waals surface area contributed by atoms with Crippen LogP contribution in [-0.4, -0.2) is 65.4 Å². The number of nitrogens with one attached hydrogen (secondary N) is 2. The molecule has 10 heteroatoms. The molecule has 3 fully saturated rings. The number of hydrogen-bond acceptors (Lipinski definition) is 5. The summed E-state index contributed by atoms with van der Waals surface area (Å²) in [6.45, 7) is 3.04. The highest BCUT2D eigenvalue weighted by Gasteiger charge is 2.60. The zero-order chi connectivity index (χ0) is 31.9. The second-order valence-electron chi connectivity index (χ2n) is 12.5. The first-order valence-electron chi connectivity index (χ1n) is 15.6. The molecular formula is C32H41ClF2N4O3. The molecule has 228 valence electrons. The summed E-state index contributed by atoms with van der Waals surface area (Å²) in [6.07, 6.45) is 0.924. The molecule has 0 radical (unpaired) electrons. The zero-order valence-electron chi connectivity index (χ0n) is 26.2. The first-order chi connectivity index (χ1) is 20.6. The minimum Gasteiger partial charge on any atom is -0.386 e. The van der Waals surface area contributed by atoms with Gasteiger partial charge in [0.2, 0.25) is 17.7 Å². The van der Waals surface area contributed by atoms with Crippen LogP contribution in [0.15, 0.2) is 42.5 Å². The molecule has 1 unspecified atom stereocenters. The Morgan fingerprint density at radius 1 is 1.07 bits per heavy atom. The van der Waals surface area contributed by atoms with Gasteiger partial charge in [0.15, 0.2) is 0 Å². The lowest BCUT2D eigenvalue weighted by atomic mass is 9.82. The van der Waals surface area contributed by atoms with Gasteiger partial charge in [-0.15, -0.1) is 0 Å². The SMILES string of the molecule is [2H]C([2H])(c1cc(Cl)ccc1NCc1ccc(C(C)(C)O)cc1)N1CCN(C(=O)CNC(=O)C2CC23CCC(F)(F)CC3)CC1. The maximum Gasteiger partial charge on any atom is 0.248 e. The highest BCUT2D eigenvalue weighted by Crippen LogP contribution is 2.63. The summed E-state index contributed by atoms with van der Waals surface area (Å²) in [7, 11) is 0. The fourth-order valence-corrected chi connectivity index (χ4v) is 6.18. The summed E-state index contributed by atoms with van der Waals surface area (Å²) in [5, 5.41) is 16.7. The third-order valence-corrected chi connectivity index (χ3v) is 9.17. The summed E-state index contributed by atoms with van der Waals surface area (Å²) in [5.41, 5.74) is 1.50. The Kier molecular flexibility index (Phi) is 8.07. The van der Waals surface area contributed by atoms with E-state index in [0.29, 0.717) is 55.2 Å². The van der Waals surface area contributed by atoms with Crippen LogP contribution >= 0.6 is 11.6 Å². The van der Waals surface area contributed by atoms with Gasteiger partial charge in [0.1, 0.15) is 0 Å². The molecule has 1 saturated heterocycles. The summed E-state index contributed by atoms with van der Waals surface area (Å²) in [4.78, 5) is 28.8. The van der Waals surface area contributed by atoms with Crippen LogP contribution in [0.4, 0.5) is 14.5 Å². The number of amides is 2. The standard InChI is InChI=1S/C32H41ClF2N4O3/c1-30(2,42)24-5-3-22(4-6-24)19-36-27-8-7-25(33)17-23(27)21-38-13-15-39(16-14-38)28(40)20-37-29(41)26-18-31(26)9-11-32(34,35)12-10-31/h3-8,17,26,36,42H,9-16,18-21H2,1-2H3,(H,37,41)/i21D2. The van der Waals surface area contributed by atoms with Crippen molar-refractivity contribution < 1.29 is 26.2 Å². The molecule has 2 aromatic rings. The van der Waals surface area contributed by atoms with Crippen LogP contribution in [0.3, 0.4) is 0 Å². The van der Waals surface area contributed by atoms with Gasteiger partial charge in [0.05, 0.1) is 12.1 Å². The third-order valence-electron chi connectivity index (χ3n) is 8.93. The van der Waals surface area contributed by atoms with E-state index in [1.54, 1.807) is 41.8 Å². The highest BCUT2D eigenvalue weighted by molar-refractivity contribution is 6.30. The lowest BCUT2D eigenvalue weighted by molar-refractivity contribution is -0.135. The average Bonchev–Trinajstić information content (AvgIpc) is 3.70. The van der Waals surface area contributed by atoms with Crippen molar-refractivity contribution in [3.63, 3.8) is 0 Å². The van der Waals surface area contributed by atoms with E-state index >= 15 is 0 Å². The number of piperazine rings is 1. The average molecular weight is 605 g/mol. The third kappa shape index (κ3) is 7.41. The lowest BCUT2D eigenvalue weighted by Crippen LogP contribution is -2.51. The maximum atomic E-state index is 13.5. The molecule has 2 aliphatic carbocycles. The molecule has 2 aromatic carbocycles. The van der Waals surface area contributed by atoms with E-state index in [1.807, 2.05) is 24.3 Å². The van der Waals surface area contributed by atoms with E-state index in [9.17, 15) is 23.5 Å². The first kappa shape index (κ1) is 28.0. The van der Waals surface area contributed by atoms with Gasteiger partial charge >= 0.3 is 0 Å². The van der Waals surface area contributed by atoms with Gasteiger partial charge in [0.25, 0.3) is 0 Å². The van der Waals surface area contributed by atoms with Crippen molar-refractivity contribution in [2.24, 2.45) is 11.3 Å². The topological polar surface area (TPSA) is 84.9 Å². The Morgan fingerprint density at radius 3 is 2.38 bits per heavy atom. The molecule has 1 spiro atoms. The summed E-state index contributed by atoms with van der Waals surface area (Å²) < 4.78 is 45.1. The highest BCUT2D eigenvalue weighted by atomic mass is 35.5. The van der Waals surface area contributed by atoms with E-state index < -0.39 is 18.0 Å². The van der Waals surface area contributed by atoms with E-state index in [0.717, 1.165) is 11.1 Å². The van der Waals surface area contributed by atoms with E-state index in [2.05, 4.69) is 10.6 Å². The minimum atomic E-state index is -2.64. The van der Waals surface area contributed by atoms with Crippen LogP contribution in [-0.2, 0) is 28.2 Å². The van der Waals surface area contributed by atoms with Crippen LogP contribution in [0.25, 0.3) is 0 Å². The number of aliphatic hydroxyl groups is 1. The molecule has 1 aliphatic heterocycles. The normalized spacial score (nSPS) is 22.7. The molecule has 5 rings (SSSR count). The smallest absolute Gasteiger partial charge is 0.248 e. The fraction of sp³-hybridized carbons (Fsp3) is 0.562. The van der Waals surface area contributed by atoms with Crippen molar-refractivity contribution in [3.8, 4) is 0 Å². The van der Waals surface area contributed by atoms with Crippen LogP contribution in [0.5, 0.6) is 0 Å². The number of halogens is 3. The lowest BCUT2D eigenvalue weighted by Gasteiger charge is -2.35. The minimum absolute atomic E-state index is 0.159. The summed E-state index contributed by atoms with van der Waals surface area (Å²) >= 11 is 6.29. The number of nitrogens with zero attached hydrogens (tertiary/aromatic N) is 2. The molecule has 2 saturated carbocycles. The monoisotopic (exact) mass is 604 g/mol. The van der Waals surface area contributed by atoms with Crippen molar-refractivity contribution in [2.45, 2.75) is 70.5 Å². The van der Waals surface area contributed by atoms with Crippen LogP contribution in [0.1, 0.15) is 65.4 Å². The Morgan fingerprint density at radius 2 is 1.74 bits per heavy atom. The molecule has 0 bridgehead atoms. The van der Waals surface area contributed by atoms with Crippen molar-refractivity contribution in [1.82, 2.24) is 15.1 Å². The van der Waals surface area contributed by atoms with Crippen LogP contribution < -0.4 is 10.6 Å². The number of benzene rings is 2. The Hall–Kier alpha value is -2.75. The molecule has 0 aromatic heterocycles. The van der Waals surface area contributed by atoms with Gasteiger partial charge in [-0.05, 0) is 73.4 Å². The quantitative estimate of drug-likeness (QED) is 0.368. The maximum absolute atomic E-state index is 13.5. The van der Waals surface area contributed by atoms with E-state index in [1.165, 1.54) is 0 Å². The van der Waals surface area contributed by atoms with Gasteiger partial charge in [0, 0.05) is 71.4 Å². The fourth-order valence-electron chi connectivity index (χ4n) is 6.01. The van der Waals surface area contributed by atoms with Crippen molar-refractivity contribution in [1.29, 1.82) is 0 Å². The molecule has 2 amide bonds. The summed E-state index contributed by atoms with van der Waals surface area (Å²) in [6, 6.07) is 12.7. The Balaban J connectivity index is 1.13. The van der Waals surface area contributed by atoms with Crippen molar-refractivity contribution in [3.05, 3.63) is 64.2 Å². The van der Waals surface area contributed by atoms with Crippen LogP contribution in [0, 0.1) is 11.3 Å². The molecule has 3 aliphatic rings. The number of anilines is 1. The molecule has 42 heavy (non-hydrogen) atoms. The van der Waals surface area contributed by atoms with Crippen molar-refractivity contribution >= 4 is 29.1 Å². The second kappa shape index (κ2) is 12.1. The predicted octanol–water partition coefficient (Wildman–Crippen LogP) is 5.16. The molecule has 1 atom stereocenters. The van der Waals surface area contributed by atoms with E-state index in [-0.39, 0.29) is 55.6 Å². The van der Waals surface area contributed by atoms with Crippen LogP contribution in [0.2, 0.25) is 5.02 Å². The van der Waals surface area contributed by atoms with E-state index in [4.69, 9.17) is 14.3 Å². The number of rotatable bonds is 9. The molecule has 3 N–H and O–H groups in total. The largest absolute Gasteiger partial charge is 0.386 e. The number of alkyl halides is 2. The predicted molar refractivity (Wildman–Crippen MR) is 159 cm³/mol. The first-order valence-corrected chi connectivity index (χ1v) is 15.0. The van der Waals surface area contributed by atoms with Gasteiger partial charge in [-0.25, -0.2) is 8.78 Å². The molecule has 7 nitrogen and oxygen atoms in total.